The molecule has 1 aromatic rings. The Hall–Kier alpha value is -0.970. The van der Waals surface area contributed by atoms with Gasteiger partial charge in [0.15, 0.2) is 5.82 Å². The highest BCUT2D eigenvalue weighted by atomic mass is 15.6. The summed E-state index contributed by atoms with van der Waals surface area (Å²) in [5.74, 6) is 2.06. The van der Waals surface area contributed by atoms with Gasteiger partial charge in [-0.2, -0.15) is 4.80 Å². The second-order valence-corrected chi connectivity index (χ2v) is 4.26. The van der Waals surface area contributed by atoms with Crippen molar-refractivity contribution in [3.8, 4) is 0 Å². The SMILES string of the molecule is CC1C(N)CCC1Cc1nnn(C)n1. The van der Waals surface area contributed by atoms with Crippen LogP contribution < -0.4 is 5.73 Å². The monoisotopic (exact) mass is 195 g/mol. The standard InChI is InChI=1S/C9H17N5/c1-6-7(3-4-8(6)10)5-9-11-13-14(2)12-9/h6-8H,3-5,10H2,1-2H3. The van der Waals surface area contributed by atoms with Crippen molar-refractivity contribution in [3.05, 3.63) is 5.82 Å². The Morgan fingerprint density at radius 2 is 2.29 bits per heavy atom. The van der Waals surface area contributed by atoms with Gasteiger partial charge in [0.05, 0.1) is 7.05 Å². The molecule has 5 nitrogen and oxygen atoms in total. The van der Waals surface area contributed by atoms with Crippen LogP contribution in [0.2, 0.25) is 0 Å². The fourth-order valence-electron chi connectivity index (χ4n) is 2.21. The maximum Gasteiger partial charge on any atom is 0.175 e. The highest BCUT2D eigenvalue weighted by molar-refractivity contribution is 4.91. The number of nitrogens with two attached hydrogens (primary N) is 1. The van der Waals surface area contributed by atoms with Gasteiger partial charge in [-0.25, -0.2) is 0 Å². The van der Waals surface area contributed by atoms with E-state index in [0.29, 0.717) is 17.9 Å². The molecule has 1 aromatic heterocycles. The highest BCUT2D eigenvalue weighted by Gasteiger charge is 2.31. The van der Waals surface area contributed by atoms with Crippen LogP contribution in [0.15, 0.2) is 0 Å². The summed E-state index contributed by atoms with van der Waals surface area (Å²) in [6, 6.07) is 0.358. The van der Waals surface area contributed by atoms with Crippen LogP contribution >= 0.6 is 0 Å². The van der Waals surface area contributed by atoms with E-state index >= 15 is 0 Å². The molecule has 1 aliphatic rings. The lowest BCUT2D eigenvalue weighted by Crippen LogP contribution is -2.25. The molecule has 3 unspecified atom stereocenters. The highest BCUT2D eigenvalue weighted by Crippen LogP contribution is 2.32. The minimum atomic E-state index is 0.358. The van der Waals surface area contributed by atoms with Crippen LogP contribution in [0.3, 0.4) is 0 Å². The fourth-order valence-corrected chi connectivity index (χ4v) is 2.21. The van der Waals surface area contributed by atoms with Crippen molar-refractivity contribution in [2.75, 3.05) is 0 Å². The van der Waals surface area contributed by atoms with Crippen LogP contribution in [0, 0.1) is 11.8 Å². The van der Waals surface area contributed by atoms with E-state index in [4.69, 9.17) is 5.73 Å². The van der Waals surface area contributed by atoms with Gasteiger partial charge in [0.25, 0.3) is 0 Å². The first-order valence-corrected chi connectivity index (χ1v) is 5.15. The zero-order chi connectivity index (χ0) is 10.1. The van der Waals surface area contributed by atoms with Gasteiger partial charge in [-0.05, 0) is 29.9 Å². The Morgan fingerprint density at radius 1 is 1.50 bits per heavy atom. The number of aromatic nitrogens is 4. The Labute approximate surface area is 83.7 Å². The molecule has 3 atom stereocenters. The molecule has 2 rings (SSSR count). The molecule has 78 valence electrons. The van der Waals surface area contributed by atoms with Crippen LogP contribution in [-0.4, -0.2) is 26.2 Å². The normalized spacial score (nSPS) is 32.4. The Bertz CT molecular complexity index is 308. The number of rotatable bonds is 2. The molecular formula is C9H17N5. The number of hydrogen-bond donors (Lipinski definition) is 1. The largest absolute Gasteiger partial charge is 0.327 e. The lowest BCUT2D eigenvalue weighted by atomic mass is 9.93. The molecule has 1 heterocycles. The topological polar surface area (TPSA) is 69.6 Å². The Morgan fingerprint density at radius 3 is 2.79 bits per heavy atom. The number of nitrogens with zero attached hydrogens (tertiary/aromatic N) is 4. The summed E-state index contributed by atoms with van der Waals surface area (Å²) in [5, 5.41) is 12.0. The molecule has 0 saturated heterocycles. The van der Waals surface area contributed by atoms with E-state index in [1.54, 1.807) is 7.05 Å². The molecule has 1 fully saturated rings. The zero-order valence-corrected chi connectivity index (χ0v) is 8.72. The van der Waals surface area contributed by atoms with E-state index in [1.807, 2.05) is 0 Å². The van der Waals surface area contributed by atoms with Gasteiger partial charge < -0.3 is 5.73 Å². The predicted molar refractivity (Wildman–Crippen MR) is 52.4 cm³/mol. The molecule has 0 bridgehead atoms. The fraction of sp³-hybridized carbons (Fsp3) is 0.889. The van der Waals surface area contributed by atoms with Crippen LogP contribution in [0.4, 0.5) is 0 Å². The third-order valence-corrected chi connectivity index (χ3v) is 3.28. The summed E-state index contributed by atoms with van der Waals surface area (Å²) >= 11 is 0. The number of tetrazole rings is 1. The first-order valence-electron chi connectivity index (χ1n) is 5.15. The molecule has 1 aliphatic carbocycles. The molecule has 0 spiro atoms. The zero-order valence-electron chi connectivity index (χ0n) is 8.72. The summed E-state index contributed by atoms with van der Waals surface area (Å²) in [7, 11) is 1.79. The van der Waals surface area contributed by atoms with Crippen molar-refractivity contribution in [1.82, 2.24) is 20.2 Å². The van der Waals surface area contributed by atoms with E-state index in [9.17, 15) is 0 Å². The van der Waals surface area contributed by atoms with Crippen molar-refractivity contribution < 1.29 is 0 Å². The predicted octanol–water partition coefficient (Wildman–Crippen LogP) is 0.126. The van der Waals surface area contributed by atoms with Crippen LogP contribution in [-0.2, 0) is 13.5 Å². The first kappa shape index (κ1) is 9.58. The molecule has 5 heteroatoms. The van der Waals surface area contributed by atoms with Gasteiger partial charge in [0.2, 0.25) is 0 Å². The Balaban J connectivity index is 1.98. The van der Waals surface area contributed by atoms with Gasteiger partial charge in [-0.3, -0.25) is 0 Å². The van der Waals surface area contributed by atoms with E-state index in [1.165, 1.54) is 11.2 Å². The lowest BCUT2D eigenvalue weighted by molar-refractivity contribution is 0.383. The number of hydrogen-bond acceptors (Lipinski definition) is 4. The summed E-state index contributed by atoms with van der Waals surface area (Å²) in [5.41, 5.74) is 5.97. The van der Waals surface area contributed by atoms with Gasteiger partial charge in [-0.15, -0.1) is 10.2 Å². The minimum Gasteiger partial charge on any atom is -0.327 e. The minimum absolute atomic E-state index is 0.358. The second-order valence-electron chi connectivity index (χ2n) is 4.26. The van der Waals surface area contributed by atoms with Crippen molar-refractivity contribution in [3.63, 3.8) is 0 Å². The molecule has 2 N–H and O–H groups in total. The summed E-state index contributed by atoms with van der Waals surface area (Å²) in [6.07, 6.45) is 3.25. The van der Waals surface area contributed by atoms with Crippen molar-refractivity contribution in [2.24, 2.45) is 24.6 Å². The van der Waals surface area contributed by atoms with Crippen molar-refractivity contribution in [1.29, 1.82) is 0 Å². The third-order valence-electron chi connectivity index (χ3n) is 3.28. The van der Waals surface area contributed by atoms with Crippen molar-refractivity contribution >= 4 is 0 Å². The van der Waals surface area contributed by atoms with Crippen LogP contribution in [0.25, 0.3) is 0 Å². The van der Waals surface area contributed by atoms with E-state index in [0.717, 1.165) is 18.7 Å². The maximum absolute atomic E-state index is 5.97. The number of aryl methyl sites for hydroxylation is 1. The molecule has 0 aliphatic heterocycles. The molecule has 0 amide bonds. The summed E-state index contributed by atoms with van der Waals surface area (Å²) < 4.78 is 0. The third kappa shape index (κ3) is 1.77. The molecule has 0 aromatic carbocycles. The summed E-state index contributed by atoms with van der Waals surface area (Å²) in [6.45, 7) is 2.22. The van der Waals surface area contributed by atoms with E-state index in [-0.39, 0.29) is 0 Å². The van der Waals surface area contributed by atoms with Gasteiger partial charge in [-0.1, -0.05) is 6.92 Å². The molecule has 1 saturated carbocycles. The smallest absolute Gasteiger partial charge is 0.175 e. The lowest BCUT2D eigenvalue weighted by Gasteiger charge is -2.15. The van der Waals surface area contributed by atoms with Crippen molar-refractivity contribution in [2.45, 2.75) is 32.2 Å². The molecular weight excluding hydrogens is 178 g/mol. The van der Waals surface area contributed by atoms with E-state index < -0.39 is 0 Å². The molecule has 14 heavy (non-hydrogen) atoms. The second kappa shape index (κ2) is 3.65. The molecule has 0 radical (unpaired) electrons. The van der Waals surface area contributed by atoms with Gasteiger partial charge in [0.1, 0.15) is 0 Å². The van der Waals surface area contributed by atoms with Crippen LogP contribution in [0.5, 0.6) is 0 Å². The Kier molecular flexibility index (Phi) is 2.50. The average molecular weight is 195 g/mol. The summed E-state index contributed by atoms with van der Waals surface area (Å²) in [4.78, 5) is 1.51. The van der Waals surface area contributed by atoms with E-state index in [2.05, 4.69) is 22.3 Å². The van der Waals surface area contributed by atoms with Gasteiger partial charge >= 0.3 is 0 Å². The van der Waals surface area contributed by atoms with Crippen LogP contribution in [0.1, 0.15) is 25.6 Å². The average Bonchev–Trinajstić information content (AvgIpc) is 2.67. The maximum atomic E-state index is 5.97. The quantitative estimate of drug-likeness (QED) is 0.728. The van der Waals surface area contributed by atoms with Gasteiger partial charge in [0, 0.05) is 12.5 Å². The first-order chi connectivity index (χ1) is 6.66.